The summed E-state index contributed by atoms with van der Waals surface area (Å²) in [7, 11) is 2.21. The summed E-state index contributed by atoms with van der Waals surface area (Å²) in [5.74, 6) is 0.227. The fourth-order valence-corrected chi connectivity index (χ4v) is 5.90. The zero-order chi connectivity index (χ0) is 26.1. The molecular formula is C29H35FN8. The lowest BCUT2D eigenvalue weighted by Crippen LogP contribution is -2.49. The summed E-state index contributed by atoms with van der Waals surface area (Å²) < 4.78 is 15.6. The van der Waals surface area contributed by atoms with Gasteiger partial charge in [0.15, 0.2) is 5.65 Å². The lowest BCUT2D eigenvalue weighted by atomic mass is 9.90. The predicted octanol–water partition coefficient (Wildman–Crippen LogP) is 4.56. The van der Waals surface area contributed by atoms with Crippen molar-refractivity contribution in [1.29, 1.82) is 0 Å². The number of hydrogen-bond acceptors (Lipinski definition) is 7. The Morgan fingerprint density at radius 1 is 0.947 bits per heavy atom. The maximum Gasteiger partial charge on any atom is 0.164 e. The molecular weight excluding hydrogens is 479 g/mol. The van der Waals surface area contributed by atoms with Crippen LogP contribution in [0.25, 0.3) is 22.3 Å². The van der Waals surface area contributed by atoms with E-state index in [1.165, 1.54) is 25.2 Å². The molecule has 0 amide bonds. The molecule has 1 saturated carbocycles. The van der Waals surface area contributed by atoms with Gasteiger partial charge in [-0.2, -0.15) is 5.10 Å². The van der Waals surface area contributed by atoms with Crippen LogP contribution in [0.5, 0.6) is 0 Å². The van der Waals surface area contributed by atoms with Gasteiger partial charge in [-0.15, -0.1) is 0 Å². The molecule has 1 aliphatic carbocycles. The number of likely N-dealkylation sites (N-methyl/N-ethyl adjacent to an activating group) is 1. The molecule has 2 fully saturated rings. The van der Waals surface area contributed by atoms with Crippen molar-refractivity contribution in [2.75, 3.05) is 44.3 Å². The zero-order valence-electron chi connectivity index (χ0n) is 21.9. The molecule has 0 spiro atoms. The van der Waals surface area contributed by atoms with Gasteiger partial charge in [0.2, 0.25) is 0 Å². The van der Waals surface area contributed by atoms with Crippen molar-refractivity contribution < 1.29 is 4.39 Å². The molecule has 6 rings (SSSR count). The number of nitrogen functional groups attached to an aromatic ring is 1. The second-order valence-electron chi connectivity index (χ2n) is 10.6. The highest BCUT2D eigenvalue weighted by molar-refractivity contribution is 5.98. The number of piperazine rings is 1. The van der Waals surface area contributed by atoms with Crippen LogP contribution >= 0.6 is 0 Å². The van der Waals surface area contributed by atoms with Crippen LogP contribution in [0.4, 0.5) is 15.9 Å². The van der Waals surface area contributed by atoms with Gasteiger partial charge in [0, 0.05) is 50.0 Å². The van der Waals surface area contributed by atoms with E-state index in [1.54, 1.807) is 12.1 Å². The number of halogens is 1. The van der Waals surface area contributed by atoms with Crippen molar-refractivity contribution in [3.8, 4) is 11.3 Å². The van der Waals surface area contributed by atoms with Gasteiger partial charge in [-0.25, -0.2) is 19.0 Å². The predicted molar refractivity (Wildman–Crippen MR) is 149 cm³/mol. The minimum absolute atomic E-state index is 0.227. The van der Waals surface area contributed by atoms with Crippen LogP contribution < -0.4 is 11.1 Å². The lowest BCUT2D eigenvalue weighted by molar-refractivity contribution is 0.0815. The largest absolute Gasteiger partial charge is 0.383 e. The van der Waals surface area contributed by atoms with E-state index >= 15 is 0 Å². The third-order valence-corrected chi connectivity index (χ3v) is 8.13. The number of aromatic nitrogens is 4. The number of fused-ring (bicyclic) bond motifs is 1. The molecule has 0 radical (unpaired) electrons. The highest BCUT2D eigenvalue weighted by atomic mass is 19.1. The topological polar surface area (TPSA) is 88.1 Å². The van der Waals surface area contributed by atoms with E-state index < -0.39 is 0 Å². The first-order valence-electron chi connectivity index (χ1n) is 13.5. The lowest BCUT2D eigenvalue weighted by Gasteiger charge is -2.41. The third-order valence-electron chi connectivity index (χ3n) is 8.13. The van der Waals surface area contributed by atoms with Crippen LogP contribution in [-0.2, 0) is 6.54 Å². The summed E-state index contributed by atoms with van der Waals surface area (Å²) in [5, 5.41) is 9.25. The molecule has 3 heterocycles. The van der Waals surface area contributed by atoms with Gasteiger partial charge in [0.25, 0.3) is 0 Å². The SMILES string of the molecule is CN1CCN(C2CCC(n3nc(-c4ccc(NCc5cccc(F)c5)cc4)c4c(N)ncnc43)CC2)CC1. The smallest absolute Gasteiger partial charge is 0.164 e. The summed E-state index contributed by atoms with van der Waals surface area (Å²) in [6, 6.07) is 15.7. The Labute approximate surface area is 222 Å². The number of nitrogens with one attached hydrogen (secondary N) is 1. The Kier molecular flexibility index (Phi) is 6.95. The summed E-state index contributed by atoms with van der Waals surface area (Å²) in [4.78, 5) is 14.0. The molecule has 9 heteroatoms. The molecule has 0 bridgehead atoms. The van der Waals surface area contributed by atoms with E-state index in [2.05, 4.69) is 36.8 Å². The van der Waals surface area contributed by atoms with Crippen molar-refractivity contribution in [2.24, 2.45) is 0 Å². The minimum atomic E-state index is -0.227. The highest BCUT2D eigenvalue weighted by Crippen LogP contribution is 2.37. The second-order valence-corrected chi connectivity index (χ2v) is 10.6. The van der Waals surface area contributed by atoms with Crippen molar-refractivity contribution in [3.05, 3.63) is 66.2 Å². The first kappa shape index (κ1) is 24.8. The second kappa shape index (κ2) is 10.7. The van der Waals surface area contributed by atoms with Crippen molar-refractivity contribution in [3.63, 3.8) is 0 Å². The van der Waals surface area contributed by atoms with Gasteiger partial charge in [-0.1, -0.05) is 24.3 Å². The van der Waals surface area contributed by atoms with Crippen LogP contribution in [0.1, 0.15) is 37.3 Å². The van der Waals surface area contributed by atoms with Crippen molar-refractivity contribution in [2.45, 2.75) is 44.3 Å². The number of nitrogens with two attached hydrogens (primary N) is 1. The van der Waals surface area contributed by atoms with Gasteiger partial charge < -0.3 is 16.0 Å². The van der Waals surface area contributed by atoms with Gasteiger partial charge in [-0.05, 0) is 62.6 Å². The number of anilines is 2. The first-order chi connectivity index (χ1) is 18.5. The maximum absolute atomic E-state index is 13.5. The highest BCUT2D eigenvalue weighted by Gasteiger charge is 2.30. The maximum atomic E-state index is 13.5. The monoisotopic (exact) mass is 514 g/mol. The van der Waals surface area contributed by atoms with Gasteiger partial charge >= 0.3 is 0 Å². The van der Waals surface area contributed by atoms with E-state index in [0.29, 0.717) is 24.4 Å². The first-order valence-corrected chi connectivity index (χ1v) is 13.5. The molecule has 38 heavy (non-hydrogen) atoms. The third kappa shape index (κ3) is 5.08. The van der Waals surface area contributed by atoms with E-state index in [-0.39, 0.29) is 5.82 Å². The number of hydrogen-bond donors (Lipinski definition) is 2. The van der Waals surface area contributed by atoms with E-state index in [4.69, 9.17) is 10.8 Å². The molecule has 0 atom stereocenters. The number of rotatable bonds is 6. The van der Waals surface area contributed by atoms with Gasteiger partial charge in [0.05, 0.1) is 11.4 Å². The molecule has 2 aromatic heterocycles. The molecule has 4 aromatic rings. The van der Waals surface area contributed by atoms with Gasteiger partial charge in [0.1, 0.15) is 23.7 Å². The Hall–Kier alpha value is -3.56. The Morgan fingerprint density at radius 2 is 1.68 bits per heavy atom. The van der Waals surface area contributed by atoms with Crippen LogP contribution in [0, 0.1) is 5.82 Å². The molecule has 198 valence electrons. The van der Waals surface area contributed by atoms with E-state index in [0.717, 1.165) is 72.6 Å². The summed E-state index contributed by atoms with van der Waals surface area (Å²) in [5.41, 5.74) is 10.8. The van der Waals surface area contributed by atoms with E-state index in [9.17, 15) is 4.39 Å². The number of benzene rings is 2. The molecule has 2 aromatic carbocycles. The molecule has 8 nitrogen and oxygen atoms in total. The molecule has 0 unspecified atom stereocenters. The molecule has 1 aliphatic heterocycles. The normalized spacial score (nSPS) is 21.1. The average molecular weight is 515 g/mol. The average Bonchev–Trinajstić information content (AvgIpc) is 3.34. The van der Waals surface area contributed by atoms with Crippen LogP contribution in [0.3, 0.4) is 0 Å². The van der Waals surface area contributed by atoms with Crippen LogP contribution in [-0.4, -0.2) is 68.8 Å². The van der Waals surface area contributed by atoms with Gasteiger partial charge in [-0.3, -0.25) is 4.90 Å². The molecule has 1 saturated heterocycles. The molecule has 2 aliphatic rings. The zero-order valence-corrected chi connectivity index (χ0v) is 21.9. The fraction of sp³-hybridized carbons (Fsp3) is 0.414. The summed E-state index contributed by atoms with van der Waals surface area (Å²) in [6.45, 7) is 5.19. The van der Waals surface area contributed by atoms with Crippen LogP contribution in [0.2, 0.25) is 0 Å². The Balaban J connectivity index is 1.20. The number of nitrogens with zero attached hydrogens (tertiary/aromatic N) is 6. The summed E-state index contributed by atoms with van der Waals surface area (Å²) >= 11 is 0. The Morgan fingerprint density at radius 3 is 2.42 bits per heavy atom. The summed E-state index contributed by atoms with van der Waals surface area (Å²) in [6.07, 6.45) is 6.06. The van der Waals surface area contributed by atoms with Crippen molar-refractivity contribution >= 4 is 22.5 Å². The standard InChI is InChI=1S/C29H35FN8/c1-36-13-15-37(16-14-36)24-9-11-25(12-10-24)38-29-26(28(31)33-19-34-29)27(35-38)21-5-7-23(8-6-21)32-18-20-3-2-4-22(30)17-20/h2-8,17,19,24-25,32H,9-16,18H2,1H3,(H2,31,33,34). The minimum Gasteiger partial charge on any atom is -0.383 e. The van der Waals surface area contributed by atoms with Crippen LogP contribution in [0.15, 0.2) is 54.9 Å². The van der Waals surface area contributed by atoms with E-state index in [1.807, 2.05) is 30.3 Å². The Bertz CT molecular complexity index is 1390. The fourth-order valence-electron chi connectivity index (χ4n) is 5.90. The molecule has 3 N–H and O–H groups in total. The van der Waals surface area contributed by atoms with Crippen molar-refractivity contribution in [1.82, 2.24) is 29.5 Å². The quantitative estimate of drug-likeness (QED) is 0.390.